The molecular weight excluding hydrogens is 100 g/mol. The second kappa shape index (κ2) is 1.10. The molecule has 0 aromatic carbocycles. The van der Waals surface area contributed by atoms with Crippen LogP contribution in [0.5, 0.6) is 0 Å². The van der Waals surface area contributed by atoms with Crippen molar-refractivity contribution in [2.24, 2.45) is 11.8 Å². The predicted octanol–water partition coefficient (Wildman–Crippen LogP) is 1.17. The monoisotopic (exact) mass is 112 g/mol. The first kappa shape index (κ1) is 4.80. The maximum absolute atomic E-state index is 9.50. The van der Waals surface area contributed by atoms with Gasteiger partial charge >= 0.3 is 0 Å². The molecule has 0 aliphatic heterocycles. The van der Waals surface area contributed by atoms with Gasteiger partial charge in [0.2, 0.25) is 0 Å². The minimum absolute atomic E-state index is 0.273. The van der Waals surface area contributed by atoms with Gasteiger partial charge in [0.25, 0.3) is 0 Å². The smallest absolute Gasteiger partial charge is 0.0650 e. The van der Waals surface area contributed by atoms with Crippen LogP contribution in [0, 0.1) is 11.8 Å². The molecule has 2 rings (SSSR count). The van der Waals surface area contributed by atoms with Crippen molar-refractivity contribution >= 4 is 0 Å². The highest BCUT2D eigenvalue weighted by Crippen LogP contribution is 2.57. The lowest BCUT2D eigenvalue weighted by Crippen LogP contribution is -2.22. The summed E-state index contributed by atoms with van der Waals surface area (Å²) >= 11 is 0. The molecule has 3 atom stereocenters. The first-order valence-electron chi connectivity index (χ1n) is 3.42. The van der Waals surface area contributed by atoms with E-state index in [1.807, 2.05) is 6.92 Å². The highest BCUT2D eigenvalue weighted by Gasteiger charge is 2.54. The molecule has 2 aliphatic rings. The maximum Gasteiger partial charge on any atom is 0.0650 e. The van der Waals surface area contributed by atoms with E-state index in [4.69, 9.17) is 0 Å². The van der Waals surface area contributed by atoms with Crippen molar-refractivity contribution in [3.8, 4) is 0 Å². The lowest BCUT2D eigenvalue weighted by atomic mass is 10.0. The average Bonchev–Trinajstić information content (AvgIpc) is 2.34. The Labute approximate surface area is 49.7 Å². The van der Waals surface area contributed by atoms with E-state index in [-0.39, 0.29) is 5.60 Å². The van der Waals surface area contributed by atoms with E-state index in [0.717, 1.165) is 12.3 Å². The van der Waals surface area contributed by atoms with Gasteiger partial charge in [0.15, 0.2) is 0 Å². The van der Waals surface area contributed by atoms with E-state index in [1.165, 1.54) is 12.8 Å². The summed E-state index contributed by atoms with van der Waals surface area (Å²) in [5.41, 5.74) is -0.273. The molecule has 1 N–H and O–H groups in total. The fourth-order valence-corrected chi connectivity index (χ4v) is 1.99. The number of rotatable bonds is 0. The van der Waals surface area contributed by atoms with E-state index in [1.54, 1.807) is 0 Å². The third kappa shape index (κ3) is 0.455. The van der Waals surface area contributed by atoms with Crippen LogP contribution in [0.15, 0.2) is 0 Å². The molecule has 0 aromatic heterocycles. The first-order chi connectivity index (χ1) is 3.70. The summed E-state index contributed by atoms with van der Waals surface area (Å²) in [4.78, 5) is 0. The Morgan fingerprint density at radius 3 is 2.50 bits per heavy atom. The summed E-state index contributed by atoms with van der Waals surface area (Å²) < 4.78 is 0. The van der Waals surface area contributed by atoms with Crippen molar-refractivity contribution in [3.63, 3.8) is 0 Å². The van der Waals surface area contributed by atoms with Crippen LogP contribution in [-0.4, -0.2) is 10.7 Å². The third-order valence-corrected chi connectivity index (χ3v) is 2.74. The number of aliphatic hydroxyl groups is 1. The van der Waals surface area contributed by atoms with Gasteiger partial charge in [-0.1, -0.05) is 0 Å². The lowest BCUT2D eigenvalue weighted by molar-refractivity contribution is 0.0447. The molecule has 2 aliphatic carbocycles. The Balaban J connectivity index is 2.17. The highest BCUT2D eigenvalue weighted by atomic mass is 16.3. The van der Waals surface area contributed by atoms with Crippen LogP contribution in [0.25, 0.3) is 0 Å². The summed E-state index contributed by atoms with van der Waals surface area (Å²) in [6, 6.07) is 0. The zero-order chi connectivity index (χ0) is 5.78. The minimum atomic E-state index is -0.273. The van der Waals surface area contributed by atoms with Crippen LogP contribution in [0.1, 0.15) is 26.2 Å². The van der Waals surface area contributed by atoms with E-state index >= 15 is 0 Å². The molecule has 8 heavy (non-hydrogen) atoms. The van der Waals surface area contributed by atoms with Gasteiger partial charge in [-0.3, -0.25) is 0 Å². The van der Waals surface area contributed by atoms with Gasteiger partial charge in [-0.2, -0.15) is 0 Å². The van der Waals surface area contributed by atoms with Gasteiger partial charge in [0.05, 0.1) is 5.60 Å². The van der Waals surface area contributed by atoms with Crippen LogP contribution in [0.4, 0.5) is 0 Å². The SMILES string of the molecule is CC1(O)CCC2CC21. The molecule has 1 heteroatoms. The molecule has 0 saturated heterocycles. The topological polar surface area (TPSA) is 20.2 Å². The van der Waals surface area contributed by atoms with E-state index in [2.05, 4.69) is 0 Å². The summed E-state index contributed by atoms with van der Waals surface area (Å²) in [7, 11) is 0. The zero-order valence-corrected chi connectivity index (χ0v) is 5.22. The van der Waals surface area contributed by atoms with Crippen molar-refractivity contribution in [2.45, 2.75) is 31.8 Å². The third-order valence-electron chi connectivity index (χ3n) is 2.74. The quantitative estimate of drug-likeness (QED) is 0.498. The predicted molar refractivity (Wildman–Crippen MR) is 31.5 cm³/mol. The summed E-state index contributed by atoms with van der Waals surface area (Å²) in [5.74, 6) is 1.59. The molecule has 2 saturated carbocycles. The maximum atomic E-state index is 9.50. The Hall–Kier alpha value is -0.0400. The van der Waals surface area contributed by atoms with Crippen LogP contribution >= 0.6 is 0 Å². The van der Waals surface area contributed by atoms with Crippen LogP contribution in [0.2, 0.25) is 0 Å². The standard InChI is InChI=1S/C7H12O/c1-7(8)3-2-5-4-6(5)7/h5-6,8H,2-4H2,1H3. The van der Waals surface area contributed by atoms with Crippen molar-refractivity contribution in [1.29, 1.82) is 0 Å². The summed E-state index contributed by atoms with van der Waals surface area (Å²) in [6.45, 7) is 1.98. The lowest BCUT2D eigenvalue weighted by Gasteiger charge is -2.16. The van der Waals surface area contributed by atoms with Gasteiger partial charge in [-0.05, 0) is 38.0 Å². The molecular formula is C7H12O. The first-order valence-corrected chi connectivity index (χ1v) is 3.42. The summed E-state index contributed by atoms with van der Waals surface area (Å²) in [5, 5.41) is 9.50. The molecule has 0 aromatic rings. The van der Waals surface area contributed by atoms with Gasteiger partial charge in [-0.25, -0.2) is 0 Å². The number of hydrogen-bond donors (Lipinski definition) is 1. The molecule has 2 fully saturated rings. The van der Waals surface area contributed by atoms with Gasteiger partial charge in [-0.15, -0.1) is 0 Å². The van der Waals surface area contributed by atoms with Crippen molar-refractivity contribution in [1.82, 2.24) is 0 Å². The Kier molecular flexibility index (Phi) is 0.663. The normalized spacial score (nSPS) is 60.8. The van der Waals surface area contributed by atoms with Crippen LogP contribution in [0.3, 0.4) is 0 Å². The van der Waals surface area contributed by atoms with Crippen LogP contribution < -0.4 is 0 Å². The molecule has 0 spiro atoms. The van der Waals surface area contributed by atoms with Gasteiger partial charge < -0.3 is 5.11 Å². The van der Waals surface area contributed by atoms with Crippen molar-refractivity contribution < 1.29 is 5.11 Å². The Morgan fingerprint density at radius 2 is 2.38 bits per heavy atom. The average molecular weight is 112 g/mol. The van der Waals surface area contributed by atoms with E-state index < -0.39 is 0 Å². The summed E-state index contributed by atoms with van der Waals surface area (Å²) in [6.07, 6.45) is 3.62. The van der Waals surface area contributed by atoms with Crippen LogP contribution in [-0.2, 0) is 0 Å². The number of hydrogen-bond acceptors (Lipinski definition) is 1. The van der Waals surface area contributed by atoms with Crippen molar-refractivity contribution in [2.75, 3.05) is 0 Å². The van der Waals surface area contributed by atoms with E-state index in [0.29, 0.717) is 5.92 Å². The molecule has 0 radical (unpaired) electrons. The molecule has 46 valence electrons. The molecule has 0 amide bonds. The fourth-order valence-electron chi connectivity index (χ4n) is 1.99. The number of fused-ring (bicyclic) bond motifs is 1. The molecule has 0 bridgehead atoms. The van der Waals surface area contributed by atoms with Crippen molar-refractivity contribution in [3.05, 3.63) is 0 Å². The largest absolute Gasteiger partial charge is 0.390 e. The Morgan fingerprint density at radius 1 is 1.62 bits per heavy atom. The second-order valence-corrected chi connectivity index (χ2v) is 3.50. The zero-order valence-electron chi connectivity index (χ0n) is 5.22. The molecule has 0 heterocycles. The highest BCUT2D eigenvalue weighted by molar-refractivity contribution is 5.04. The molecule has 1 nitrogen and oxygen atoms in total. The fraction of sp³-hybridized carbons (Fsp3) is 1.00. The Bertz CT molecular complexity index is 118. The minimum Gasteiger partial charge on any atom is -0.390 e. The molecule has 3 unspecified atom stereocenters. The van der Waals surface area contributed by atoms with E-state index in [9.17, 15) is 5.11 Å². The van der Waals surface area contributed by atoms with Gasteiger partial charge in [0, 0.05) is 0 Å². The van der Waals surface area contributed by atoms with Gasteiger partial charge in [0.1, 0.15) is 0 Å². The second-order valence-electron chi connectivity index (χ2n) is 3.50.